The predicted octanol–water partition coefficient (Wildman–Crippen LogP) is 18.7. The summed E-state index contributed by atoms with van der Waals surface area (Å²) in [6.45, 7) is 6.47. The third kappa shape index (κ3) is 6.03. The summed E-state index contributed by atoms with van der Waals surface area (Å²) in [5.74, 6) is 0. The van der Waals surface area contributed by atoms with Crippen molar-refractivity contribution in [2.24, 2.45) is 0 Å². The van der Waals surface area contributed by atoms with Crippen LogP contribution in [0, 0.1) is 20.8 Å². The molecule has 0 spiro atoms. The number of fused-ring (bicyclic) bond motifs is 6. The van der Waals surface area contributed by atoms with Gasteiger partial charge in [-0.1, -0.05) is 180 Å². The van der Waals surface area contributed by atoms with E-state index < -0.39 is 0 Å². The zero-order valence-electron chi connectivity index (χ0n) is 37.8. The van der Waals surface area contributed by atoms with Crippen LogP contribution >= 0.6 is 0 Å². The average Bonchev–Trinajstić information content (AvgIpc) is 3.89. The molecular weight excluding hydrogens is 809 g/mol. The van der Waals surface area contributed by atoms with Crippen LogP contribution in [-0.4, -0.2) is 0 Å². The minimum Gasteiger partial charge on any atom is -0.310 e. The molecule has 0 unspecified atom stereocenters. The van der Waals surface area contributed by atoms with Crippen LogP contribution in [0.25, 0.3) is 86.9 Å². The first-order valence-corrected chi connectivity index (χ1v) is 23.3. The molecule has 0 saturated heterocycles. The van der Waals surface area contributed by atoms with Crippen LogP contribution in [0.5, 0.6) is 0 Å². The largest absolute Gasteiger partial charge is 0.310 e. The molecule has 13 aromatic rings. The zero-order chi connectivity index (χ0) is 44.8. The smallest absolute Gasteiger partial charge is 0.0540 e. The van der Waals surface area contributed by atoms with E-state index in [0.717, 1.165) is 34.1 Å². The van der Waals surface area contributed by atoms with Crippen LogP contribution in [0.2, 0.25) is 0 Å². The summed E-state index contributed by atoms with van der Waals surface area (Å²) in [6, 6.07) is 83.4. The molecule has 0 N–H and O–H groups in total. The Bertz CT molecular complexity index is 3810. The van der Waals surface area contributed by atoms with Crippen molar-refractivity contribution < 1.29 is 0 Å². The first-order chi connectivity index (χ1) is 33.0. The predicted molar refractivity (Wildman–Crippen MR) is 288 cm³/mol. The number of nitrogens with zero attached hydrogens (tertiary/aromatic N) is 2. The fraction of sp³-hybridized carbons (Fsp3) is 0.0462. The highest BCUT2D eigenvalue weighted by atomic mass is 15.1. The van der Waals surface area contributed by atoms with E-state index >= 15 is 0 Å². The molecule has 0 aromatic heterocycles. The summed E-state index contributed by atoms with van der Waals surface area (Å²) in [7, 11) is 0. The van der Waals surface area contributed by atoms with E-state index in [1.807, 2.05) is 0 Å². The summed E-state index contributed by atoms with van der Waals surface area (Å²) >= 11 is 0. The molecule has 13 rings (SSSR count). The normalized spacial score (nSPS) is 11.8. The summed E-state index contributed by atoms with van der Waals surface area (Å²) < 4.78 is 0. The van der Waals surface area contributed by atoms with Crippen molar-refractivity contribution in [2.75, 3.05) is 9.80 Å². The zero-order valence-corrected chi connectivity index (χ0v) is 37.8. The molecule has 0 amide bonds. The van der Waals surface area contributed by atoms with Gasteiger partial charge >= 0.3 is 0 Å². The molecular formula is C65H46N2. The summed E-state index contributed by atoms with van der Waals surface area (Å²) in [5, 5.41) is 15.3. The van der Waals surface area contributed by atoms with Crippen LogP contribution in [0.15, 0.2) is 224 Å². The standard InChI is InChI=1S/C65H46N2/c1-41-25-31-47(32-26-41)66(46-19-11-6-12-20-46)56-39-37-54-60-50(56)21-13-23-52(60)62-58(44-15-7-4-8-16-44)63-53-24-14-22-51-57(67(48-33-27-42(2)28-34-48)49-35-29-43(3)30-36-49)40-38-55(61(51)53)65(63)59(64(54)62)45-17-9-5-10-18-45/h4-40H,1-3H3. The highest BCUT2D eigenvalue weighted by Gasteiger charge is 2.29. The number of rotatable bonds is 8. The van der Waals surface area contributed by atoms with Gasteiger partial charge in [-0.15, -0.1) is 0 Å². The van der Waals surface area contributed by atoms with Crippen molar-refractivity contribution in [3.8, 4) is 22.3 Å². The summed E-state index contributed by atoms with van der Waals surface area (Å²) in [4.78, 5) is 4.86. The number of anilines is 6. The lowest BCUT2D eigenvalue weighted by molar-refractivity contribution is 1.28. The third-order valence-electron chi connectivity index (χ3n) is 14.1. The molecule has 316 valence electrons. The topological polar surface area (TPSA) is 6.48 Å². The van der Waals surface area contributed by atoms with Crippen LogP contribution in [0.3, 0.4) is 0 Å². The van der Waals surface area contributed by atoms with E-state index in [-0.39, 0.29) is 0 Å². The van der Waals surface area contributed by atoms with E-state index in [1.165, 1.54) is 104 Å². The summed E-state index contributed by atoms with van der Waals surface area (Å²) in [6.07, 6.45) is 0. The summed E-state index contributed by atoms with van der Waals surface area (Å²) in [5.41, 5.74) is 15.6. The number of para-hydroxylation sites is 1. The molecule has 0 aliphatic carbocycles. The number of aryl methyl sites for hydroxylation is 3. The first-order valence-electron chi connectivity index (χ1n) is 23.3. The lowest BCUT2D eigenvalue weighted by atomic mass is 9.87. The van der Waals surface area contributed by atoms with E-state index in [4.69, 9.17) is 0 Å². The minimum absolute atomic E-state index is 1.13. The van der Waals surface area contributed by atoms with E-state index in [2.05, 4.69) is 255 Å². The number of hydrogen-bond donors (Lipinski definition) is 0. The lowest BCUT2D eigenvalue weighted by Gasteiger charge is -2.27. The molecule has 0 aliphatic rings. The molecule has 67 heavy (non-hydrogen) atoms. The Hall–Kier alpha value is -8.46. The fourth-order valence-corrected chi connectivity index (χ4v) is 11.1. The van der Waals surface area contributed by atoms with Crippen LogP contribution in [-0.2, 0) is 0 Å². The molecule has 0 atom stereocenters. The Morgan fingerprint density at radius 3 is 0.881 bits per heavy atom. The van der Waals surface area contributed by atoms with Crippen molar-refractivity contribution >= 4 is 98.8 Å². The van der Waals surface area contributed by atoms with E-state index in [9.17, 15) is 0 Å². The molecule has 0 saturated carbocycles. The molecule has 2 nitrogen and oxygen atoms in total. The third-order valence-corrected chi connectivity index (χ3v) is 14.1. The maximum absolute atomic E-state index is 2.44. The Morgan fingerprint density at radius 2 is 0.522 bits per heavy atom. The first kappa shape index (κ1) is 39.0. The van der Waals surface area contributed by atoms with Crippen molar-refractivity contribution in [1.29, 1.82) is 0 Å². The van der Waals surface area contributed by atoms with Gasteiger partial charge in [0.2, 0.25) is 0 Å². The van der Waals surface area contributed by atoms with Crippen molar-refractivity contribution in [3.63, 3.8) is 0 Å². The second-order valence-corrected chi connectivity index (χ2v) is 18.2. The second-order valence-electron chi connectivity index (χ2n) is 18.2. The Kier molecular flexibility index (Phi) is 8.91. The SMILES string of the molecule is Cc1ccc(N(c2ccccc2)c2ccc3c4c(-c5ccccc5)c5c6ccc(N(c7ccc(C)cc7)c7ccc(C)cc7)c7cccc(c5c(-c5ccccc5)c4c4cccc2c43)c76)cc1. The lowest BCUT2D eigenvalue weighted by Crippen LogP contribution is -2.10. The van der Waals surface area contributed by atoms with Crippen molar-refractivity contribution in [2.45, 2.75) is 20.8 Å². The second kappa shape index (κ2) is 15.3. The fourth-order valence-electron chi connectivity index (χ4n) is 11.1. The maximum Gasteiger partial charge on any atom is 0.0540 e. The molecule has 2 heteroatoms. The molecule has 13 aromatic carbocycles. The van der Waals surface area contributed by atoms with Gasteiger partial charge < -0.3 is 9.80 Å². The molecule has 0 fully saturated rings. The quantitative estimate of drug-likeness (QED) is 0.150. The van der Waals surface area contributed by atoms with Gasteiger partial charge in [0.15, 0.2) is 0 Å². The van der Waals surface area contributed by atoms with Crippen molar-refractivity contribution in [3.05, 3.63) is 241 Å². The Labute approximate surface area is 390 Å². The monoisotopic (exact) mass is 854 g/mol. The average molecular weight is 855 g/mol. The van der Waals surface area contributed by atoms with Gasteiger partial charge in [-0.3, -0.25) is 0 Å². The van der Waals surface area contributed by atoms with Gasteiger partial charge in [-0.2, -0.15) is 0 Å². The molecule has 0 aliphatic heterocycles. The molecule has 0 bridgehead atoms. The van der Waals surface area contributed by atoms with Gasteiger partial charge in [0.1, 0.15) is 0 Å². The Balaban J connectivity index is 1.19. The minimum atomic E-state index is 1.13. The van der Waals surface area contributed by atoms with Gasteiger partial charge in [0.25, 0.3) is 0 Å². The van der Waals surface area contributed by atoms with E-state index in [0.29, 0.717) is 0 Å². The maximum atomic E-state index is 2.44. The number of hydrogen-bond acceptors (Lipinski definition) is 2. The van der Waals surface area contributed by atoms with Gasteiger partial charge in [-0.05, 0) is 158 Å². The number of benzene rings is 11. The molecule has 0 heterocycles. The Morgan fingerprint density at radius 1 is 0.224 bits per heavy atom. The van der Waals surface area contributed by atoms with Gasteiger partial charge in [0.05, 0.1) is 11.4 Å². The van der Waals surface area contributed by atoms with Gasteiger partial charge in [0, 0.05) is 33.5 Å². The van der Waals surface area contributed by atoms with Gasteiger partial charge in [-0.25, -0.2) is 0 Å². The van der Waals surface area contributed by atoms with Crippen LogP contribution in [0.1, 0.15) is 16.7 Å². The highest BCUT2D eigenvalue weighted by Crippen LogP contribution is 2.57. The highest BCUT2D eigenvalue weighted by molar-refractivity contribution is 6.47. The van der Waals surface area contributed by atoms with E-state index in [1.54, 1.807) is 0 Å². The van der Waals surface area contributed by atoms with Crippen LogP contribution < -0.4 is 9.80 Å². The molecule has 0 radical (unpaired) electrons. The van der Waals surface area contributed by atoms with Crippen LogP contribution in [0.4, 0.5) is 34.1 Å². The van der Waals surface area contributed by atoms with Crippen molar-refractivity contribution in [1.82, 2.24) is 0 Å².